The summed E-state index contributed by atoms with van der Waals surface area (Å²) in [4.78, 5) is 0. The maximum Gasteiger partial charge on any atom is 0.416 e. The highest BCUT2D eigenvalue weighted by Crippen LogP contribution is 2.44. The van der Waals surface area contributed by atoms with Crippen LogP contribution in [0.1, 0.15) is 5.56 Å². The second kappa shape index (κ2) is 6.23. The first-order valence-electron chi connectivity index (χ1n) is 6.14. The summed E-state index contributed by atoms with van der Waals surface area (Å²) in [5, 5.41) is 2.98. The molecule has 1 N–H and O–H groups in total. The lowest BCUT2D eigenvalue weighted by Crippen LogP contribution is -2.07. The number of nitrogens with one attached hydrogen (secondary N) is 1. The molecule has 0 spiro atoms. The van der Waals surface area contributed by atoms with Gasteiger partial charge in [0.2, 0.25) is 0 Å². The van der Waals surface area contributed by atoms with Crippen LogP contribution in [0.4, 0.5) is 18.9 Å². The Bertz CT molecular complexity index is 704. The molecule has 0 heterocycles. The molecule has 0 aliphatic carbocycles. The van der Waals surface area contributed by atoms with Crippen molar-refractivity contribution < 1.29 is 22.3 Å². The first kappa shape index (κ1) is 16.7. The molecular formula is C14H12ClF3NO2P. The van der Waals surface area contributed by atoms with Gasteiger partial charge in [-0.3, -0.25) is 4.57 Å². The molecule has 3 nitrogen and oxygen atoms in total. The van der Waals surface area contributed by atoms with Gasteiger partial charge in [-0.15, -0.1) is 0 Å². The van der Waals surface area contributed by atoms with E-state index in [1.165, 1.54) is 30.9 Å². The summed E-state index contributed by atoms with van der Waals surface area (Å²) in [6, 6.07) is 10.6. The first-order valence-corrected chi connectivity index (χ1v) is 8.59. The third kappa shape index (κ3) is 4.68. The van der Waals surface area contributed by atoms with E-state index < -0.39 is 19.3 Å². The topological polar surface area (TPSA) is 38.3 Å². The Morgan fingerprint density at radius 1 is 1.14 bits per heavy atom. The van der Waals surface area contributed by atoms with E-state index in [9.17, 15) is 17.7 Å². The van der Waals surface area contributed by atoms with Gasteiger partial charge in [-0.05, 0) is 42.5 Å². The van der Waals surface area contributed by atoms with E-state index in [1.54, 1.807) is 12.1 Å². The van der Waals surface area contributed by atoms with Crippen LogP contribution in [0, 0.1) is 0 Å². The standard InChI is InChI=1S/C14H12ClF3NO2P/c1-22(20,21-13-7-5-11(15)6-8-13)19-12-4-2-3-10(9-12)14(16,17)18/h2-9H,1H3,(H,19,20)/t22-/m1/s1. The highest BCUT2D eigenvalue weighted by atomic mass is 35.5. The lowest BCUT2D eigenvalue weighted by molar-refractivity contribution is -0.137. The average molecular weight is 350 g/mol. The summed E-state index contributed by atoms with van der Waals surface area (Å²) in [7, 11) is -3.38. The molecule has 118 valence electrons. The summed E-state index contributed by atoms with van der Waals surface area (Å²) in [5.74, 6) is 0.301. The SMILES string of the molecule is C[P@](=O)(Nc1cccc(C(F)(F)F)c1)Oc1ccc(Cl)cc1. The molecule has 0 saturated heterocycles. The predicted molar refractivity (Wildman–Crippen MR) is 80.7 cm³/mol. The molecule has 2 rings (SSSR count). The fraction of sp³-hybridized carbons (Fsp3) is 0.143. The van der Waals surface area contributed by atoms with Gasteiger partial charge in [0.15, 0.2) is 0 Å². The van der Waals surface area contributed by atoms with Crippen LogP contribution in [-0.4, -0.2) is 6.66 Å². The number of halogens is 4. The van der Waals surface area contributed by atoms with Crippen LogP contribution in [0.15, 0.2) is 48.5 Å². The summed E-state index contributed by atoms with van der Waals surface area (Å²) in [6.45, 7) is 1.28. The number of benzene rings is 2. The van der Waals surface area contributed by atoms with Crippen LogP contribution in [0.5, 0.6) is 5.75 Å². The molecule has 2 aromatic carbocycles. The highest BCUT2D eigenvalue weighted by molar-refractivity contribution is 7.60. The minimum absolute atomic E-state index is 0.0645. The van der Waals surface area contributed by atoms with Gasteiger partial charge in [0, 0.05) is 17.4 Å². The van der Waals surface area contributed by atoms with E-state index in [-0.39, 0.29) is 5.69 Å². The number of alkyl halides is 3. The number of rotatable bonds is 4. The molecule has 0 fully saturated rings. The van der Waals surface area contributed by atoms with Gasteiger partial charge in [0.05, 0.1) is 5.56 Å². The molecule has 0 aliphatic rings. The Labute approximate surface area is 130 Å². The van der Waals surface area contributed by atoms with Crippen LogP contribution in [0.2, 0.25) is 5.02 Å². The van der Waals surface area contributed by atoms with E-state index >= 15 is 0 Å². The smallest absolute Gasteiger partial charge is 0.416 e. The monoisotopic (exact) mass is 349 g/mol. The van der Waals surface area contributed by atoms with Gasteiger partial charge in [-0.1, -0.05) is 17.7 Å². The molecule has 0 unspecified atom stereocenters. The number of anilines is 1. The zero-order valence-electron chi connectivity index (χ0n) is 11.4. The minimum atomic E-state index is -4.47. The molecule has 8 heteroatoms. The number of hydrogen-bond acceptors (Lipinski definition) is 2. The summed E-state index contributed by atoms with van der Waals surface area (Å²) < 4.78 is 55.6. The van der Waals surface area contributed by atoms with Crippen LogP contribution < -0.4 is 9.61 Å². The Morgan fingerprint density at radius 2 is 1.77 bits per heavy atom. The minimum Gasteiger partial charge on any atom is -0.429 e. The molecule has 0 aromatic heterocycles. The zero-order chi connectivity index (χ0) is 16.4. The largest absolute Gasteiger partial charge is 0.429 e. The van der Waals surface area contributed by atoms with E-state index in [0.717, 1.165) is 12.1 Å². The summed E-state index contributed by atoms with van der Waals surface area (Å²) >= 11 is 5.73. The molecule has 22 heavy (non-hydrogen) atoms. The molecule has 0 aliphatic heterocycles. The highest BCUT2D eigenvalue weighted by Gasteiger charge is 2.31. The Hall–Kier alpha value is -1.65. The van der Waals surface area contributed by atoms with Crippen molar-refractivity contribution in [1.82, 2.24) is 0 Å². The van der Waals surface area contributed by atoms with Crippen molar-refractivity contribution in [3.63, 3.8) is 0 Å². The fourth-order valence-electron chi connectivity index (χ4n) is 1.72. The van der Waals surface area contributed by atoms with Crippen molar-refractivity contribution >= 4 is 24.8 Å². The van der Waals surface area contributed by atoms with Crippen molar-refractivity contribution in [3.8, 4) is 5.75 Å². The first-order chi connectivity index (χ1) is 10.2. The van der Waals surface area contributed by atoms with E-state index in [1.807, 2.05) is 0 Å². The van der Waals surface area contributed by atoms with Gasteiger partial charge in [-0.25, -0.2) is 0 Å². The van der Waals surface area contributed by atoms with E-state index in [2.05, 4.69) is 5.09 Å². The molecule has 0 amide bonds. The molecular weight excluding hydrogens is 338 g/mol. The van der Waals surface area contributed by atoms with Crippen LogP contribution >= 0.6 is 19.1 Å². The van der Waals surface area contributed by atoms with E-state index in [4.69, 9.17) is 16.1 Å². The third-order valence-corrected chi connectivity index (χ3v) is 4.09. The van der Waals surface area contributed by atoms with Crippen molar-refractivity contribution in [3.05, 3.63) is 59.1 Å². The summed E-state index contributed by atoms with van der Waals surface area (Å²) in [5.41, 5.74) is -0.765. The maximum absolute atomic E-state index is 12.6. The molecule has 0 radical (unpaired) electrons. The normalized spacial score (nSPS) is 14.2. The zero-order valence-corrected chi connectivity index (χ0v) is 13.0. The van der Waals surface area contributed by atoms with Crippen molar-refractivity contribution in [2.24, 2.45) is 0 Å². The van der Waals surface area contributed by atoms with E-state index in [0.29, 0.717) is 10.8 Å². The second-order valence-electron chi connectivity index (χ2n) is 4.58. The van der Waals surface area contributed by atoms with Crippen LogP contribution in [-0.2, 0) is 10.7 Å². The van der Waals surface area contributed by atoms with Gasteiger partial charge in [0.1, 0.15) is 5.75 Å². The lowest BCUT2D eigenvalue weighted by Gasteiger charge is -2.18. The number of hydrogen-bond donors (Lipinski definition) is 1. The predicted octanol–water partition coefficient (Wildman–Crippen LogP) is 5.67. The Balaban J connectivity index is 2.15. The van der Waals surface area contributed by atoms with Crippen LogP contribution in [0.3, 0.4) is 0 Å². The second-order valence-corrected chi connectivity index (χ2v) is 7.12. The Kier molecular flexibility index (Phi) is 4.73. The van der Waals surface area contributed by atoms with Gasteiger partial charge < -0.3 is 9.61 Å². The van der Waals surface area contributed by atoms with Crippen LogP contribution in [0.25, 0.3) is 0 Å². The average Bonchev–Trinajstić information content (AvgIpc) is 2.40. The molecule has 0 saturated carbocycles. The van der Waals surface area contributed by atoms with Crippen molar-refractivity contribution in [2.75, 3.05) is 11.8 Å². The fourth-order valence-corrected chi connectivity index (χ4v) is 3.02. The third-order valence-electron chi connectivity index (χ3n) is 2.62. The van der Waals surface area contributed by atoms with Crippen molar-refractivity contribution in [2.45, 2.75) is 6.18 Å². The molecule has 1 atom stereocenters. The van der Waals surface area contributed by atoms with Gasteiger partial charge in [-0.2, -0.15) is 13.2 Å². The van der Waals surface area contributed by atoms with Crippen molar-refractivity contribution in [1.29, 1.82) is 0 Å². The summed E-state index contributed by atoms with van der Waals surface area (Å²) in [6.07, 6.45) is -4.47. The molecule has 0 bridgehead atoms. The molecule has 2 aromatic rings. The Morgan fingerprint density at radius 3 is 2.36 bits per heavy atom. The van der Waals surface area contributed by atoms with Gasteiger partial charge in [0.25, 0.3) is 0 Å². The lowest BCUT2D eigenvalue weighted by atomic mass is 10.2. The van der Waals surface area contributed by atoms with Gasteiger partial charge >= 0.3 is 13.7 Å². The maximum atomic E-state index is 12.6. The quantitative estimate of drug-likeness (QED) is 0.722.